The van der Waals surface area contributed by atoms with Gasteiger partial charge in [0.2, 0.25) is 5.91 Å². The minimum Gasteiger partial charge on any atom is -0.381 e. The van der Waals surface area contributed by atoms with Crippen LogP contribution >= 0.6 is 0 Å². The van der Waals surface area contributed by atoms with Gasteiger partial charge in [0.15, 0.2) is 0 Å². The summed E-state index contributed by atoms with van der Waals surface area (Å²) in [7, 11) is 1.75. The highest BCUT2D eigenvalue weighted by atomic mass is 16.5. The molecule has 1 aliphatic carbocycles. The smallest absolute Gasteiger partial charge is 0.234 e. The van der Waals surface area contributed by atoms with Gasteiger partial charge in [-0.05, 0) is 40.0 Å². The lowest BCUT2D eigenvalue weighted by atomic mass is 10.1. The molecule has 0 aromatic rings. The normalized spacial score (nSPS) is 25.8. The summed E-state index contributed by atoms with van der Waals surface area (Å²) >= 11 is 0. The first kappa shape index (κ1) is 13.5. The Morgan fingerprint density at radius 2 is 2.06 bits per heavy atom. The number of amides is 1. The third-order valence-electron chi connectivity index (χ3n) is 2.78. The Balaban J connectivity index is 2.18. The van der Waals surface area contributed by atoms with E-state index < -0.39 is 0 Å². The van der Waals surface area contributed by atoms with E-state index in [0.717, 1.165) is 19.3 Å². The molecule has 0 heterocycles. The van der Waals surface area contributed by atoms with Gasteiger partial charge in [-0.1, -0.05) is 0 Å². The van der Waals surface area contributed by atoms with Crippen LogP contribution in [0.3, 0.4) is 0 Å². The Hall–Kier alpha value is -0.610. The zero-order chi connectivity index (χ0) is 12.2. The van der Waals surface area contributed by atoms with Crippen molar-refractivity contribution < 1.29 is 9.53 Å². The molecule has 2 atom stereocenters. The summed E-state index contributed by atoms with van der Waals surface area (Å²) in [5, 5.41) is 6.21. The average molecular weight is 228 g/mol. The van der Waals surface area contributed by atoms with Gasteiger partial charge in [0.1, 0.15) is 0 Å². The standard InChI is InChI=1S/C12H24N2O2/c1-12(2,3)14-11(15)8-13-9-5-6-10(7-9)16-4/h9-10,13H,5-8H2,1-4H3,(H,14,15). The lowest BCUT2D eigenvalue weighted by molar-refractivity contribution is -0.121. The van der Waals surface area contributed by atoms with Crippen LogP contribution in [0.15, 0.2) is 0 Å². The summed E-state index contributed by atoms with van der Waals surface area (Å²) in [6.45, 7) is 6.36. The minimum absolute atomic E-state index is 0.0633. The monoisotopic (exact) mass is 228 g/mol. The van der Waals surface area contributed by atoms with Gasteiger partial charge in [0.25, 0.3) is 0 Å². The van der Waals surface area contributed by atoms with E-state index in [1.165, 1.54) is 0 Å². The molecule has 2 N–H and O–H groups in total. The van der Waals surface area contributed by atoms with Crippen LogP contribution in [0.25, 0.3) is 0 Å². The first-order valence-electron chi connectivity index (χ1n) is 5.98. The van der Waals surface area contributed by atoms with Crippen molar-refractivity contribution in [3.05, 3.63) is 0 Å². The molecule has 1 fully saturated rings. The van der Waals surface area contributed by atoms with Crippen LogP contribution in [-0.2, 0) is 9.53 Å². The molecule has 1 aliphatic rings. The third-order valence-corrected chi connectivity index (χ3v) is 2.78. The van der Waals surface area contributed by atoms with Gasteiger partial charge in [-0.15, -0.1) is 0 Å². The number of ether oxygens (including phenoxy) is 1. The Bertz CT molecular complexity index is 236. The third kappa shape index (κ3) is 4.94. The molecule has 16 heavy (non-hydrogen) atoms. The Morgan fingerprint density at radius 1 is 1.38 bits per heavy atom. The second-order valence-electron chi connectivity index (χ2n) is 5.55. The minimum atomic E-state index is -0.149. The second kappa shape index (κ2) is 5.64. The second-order valence-corrected chi connectivity index (χ2v) is 5.55. The molecule has 94 valence electrons. The van der Waals surface area contributed by atoms with Crippen molar-refractivity contribution in [1.29, 1.82) is 0 Å². The number of nitrogens with one attached hydrogen (secondary N) is 2. The summed E-state index contributed by atoms with van der Waals surface area (Å²) in [6.07, 6.45) is 3.57. The van der Waals surface area contributed by atoms with Gasteiger partial charge in [-0.25, -0.2) is 0 Å². The number of carbonyl (C=O) groups excluding carboxylic acids is 1. The zero-order valence-electron chi connectivity index (χ0n) is 10.8. The number of methoxy groups -OCH3 is 1. The molecule has 0 saturated heterocycles. The predicted molar refractivity (Wildman–Crippen MR) is 64.3 cm³/mol. The first-order valence-corrected chi connectivity index (χ1v) is 5.98. The fourth-order valence-electron chi connectivity index (χ4n) is 2.04. The molecule has 4 heteroatoms. The maximum Gasteiger partial charge on any atom is 0.234 e. The Morgan fingerprint density at radius 3 is 2.56 bits per heavy atom. The highest BCUT2D eigenvalue weighted by Gasteiger charge is 2.24. The molecule has 2 unspecified atom stereocenters. The van der Waals surface area contributed by atoms with E-state index in [-0.39, 0.29) is 11.4 Å². The fourth-order valence-corrected chi connectivity index (χ4v) is 2.04. The summed E-state index contributed by atoms with van der Waals surface area (Å²) in [6, 6.07) is 0.427. The SMILES string of the molecule is COC1CCC(NCC(=O)NC(C)(C)C)C1. The van der Waals surface area contributed by atoms with Crippen molar-refractivity contribution in [2.45, 2.75) is 57.7 Å². The molecule has 4 nitrogen and oxygen atoms in total. The lowest BCUT2D eigenvalue weighted by Gasteiger charge is -2.21. The number of rotatable bonds is 4. The van der Waals surface area contributed by atoms with Gasteiger partial charge < -0.3 is 15.4 Å². The quantitative estimate of drug-likeness (QED) is 0.756. The molecule has 1 saturated carbocycles. The molecular weight excluding hydrogens is 204 g/mol. The number of hydrogen-bond acceptors (Lipinski definition) is 3. The van der Waals surface area contributed by atoms with Crippen LogP contribution in [-0.4, -0.2) is 37.2 Å². The van der Waals surface area contributed by atoms with E-state index in [4.69, 9.17) is 4.74 Å². The Kier molecular flexibility index (Phi) is 4.74. The fraction of sp³-hybridized carbons (Fsp3) is 0.917. The van der Waals surface area contributed by atoms with E-state index in [1.807, 2.05) is 20.8 Å². The zero-order valence-corrected chi connectivity index (χ0v) is 10.8. The van der Waals surface area contributed by atoms with Crippen molar-refractivity contribution >= 4 is 5.91 Å². The summed E-state index contributed by atoms with van der Waals surface area (Å²) in [5.74, 6) is 0.0633. The van der Waals surface area contributed by atoms with Crippen molar-refractivity contribution in [3.8, 4) is 0 Å². The molecule has 1 rings (SSSR count). The van der Waals surface area contributed by atoms with E-state index in [2.05, 4.69) is 10.6 Å². The van der Waals surface area contributed by atoms with Crippen LogP contribution in [0.4, 0.5) is 0 Å². The predicted octanol–water partition coefficient (Wildman–Crippen LogP) is 1.06. The molecule has 0 aromatic carbocycles. The van der Waals surface area contributed by atoms with Crippen molar-refractivity contribution in [2.75, 3.05) is 13.7 Å². The molecule has 0 aliphatic heterocycles. The van der Waals surface area contributed by atoms with E-state index in [0.29, 0.717) is 18.7 Å². The highest BCUT2D eigenvalue weighted by Crippen LogP contribution is 2.20. The molecule has 1 amide bonds. The van der Waals surface area contributed by atoms with Gasteiger partial charge in [0, 0.05) is 18.7 Å². The maximum atomic E-state index is 11.6. The summed E-state index contributed by atoms with van der Waals surface area (Å²) < 4.78 is 5.29. The number of hydrogen-bond donors (Lipinski definition) is 2. The average Bonchev–Trinajstić information content (AvgIpc) is 2.59. The first-order chi connectivity index (χ1) is 7.40. The molecular formula is C12H24N2O2. The van der Waals surface area contributed by atoms with E-state index >= 15 is 0 Å². The highest BCUT2D eigenvalue weighted by molar-refractivity contribution is 5.78. The van der Waals surface area contributed by atoms with E-state index in [1.54, 1.807) is 7.11 Å². The molecule has 0 bridgehead atoms. The van der Waals surface area contributed by atoms with Gasteiger partial charge in [-0.2, -0.15) is 0 Å². The largest absolute Gasteiger partial charge is 0.381 e. The molecule has 0 radical (unpaired) electrons. The van der Waals surface area contributed by atoms with Gasteiger partial charge >= 0.3 is 0 Å². The van der Waals surface area contributed by atoms with E-state index in [9.17, 15) is 4.79 Å². The van der Waals surface area contributed by atoms with Crippen LogP contribution < -0.4 is 10.6 Å². The van der Waals surface area contributed by atoms with Crippen molar-refractivity contribution in [1.82, 2.24) is 10.6 Å². The maximum absolute atomic E-state index is 11.6. The van der Waals surface area contributed by atoms with Crippen molar-refractivity contribution in [2.24, 2.45) is 0 Å². The Labute approximate surface area is 98.1 Å². The van der Waals surface area contributed by atoms with Crippen LogP contribution in [0.5, 0.6) is 0 Å². The number of carbonyl (C=O) groups is 1. The van der Waals surface area contributed by atoms with Crippen molar-refractivity contribution in [3.63, 3.8) is 0 Å². The van der Waals surface area contributed by atoms with Crippen LogP contribution in [0.1, 0.15) is 40.0 Å². The van der Waals surface area contributed by atoms with Gasteiger partial charge in [0.05, 0.1) is 12.6 Å². The topological polar surface area (TPSA) is 50.4 Å². The van der Waals surface area contributed by atoms with Crippen LogP contribution in [0.2, 0.25) is 0 Å². The molecule has 0 spiro atoms. The lowest BCUT2D eigenvalue weighted by Crippen LogP contribution is -2.46. The summed E-state index contributed by atoms with van der Waals surface area (Å²) in [5.41, 5.74) is -0.149. The molecule has 0 aromatic heterocycles. The van der Waals surface area contributed by atoms with Gasteiger partial charge in [-0.3, -0.25) is 4.79 Å². The summed E-state index contributed by atoms with van der Waals surface area (Å²) in [4.78, 5) is 11.6. The van der Waals surface area contributed by atoms with Crippen LogP contribution in [0, 0.1) is 0 Å².